The van der Waals surface area contributed by atoms with Crippen molar-refractivity contribution in [3.8, 4) is 5.75 Å². The fraction of sp³-hybridized carbons (Fsp3) is 0.200. The number of hydrogen-bond donors (Lipinski definition) is 0. The Kier molecular flexibility index (Phi) is 4.46. The minimum absolute atomic E-state index is 0.226. The number of aryl methyl sites for hydroxylation is 1. The standard InChI is InChI=1S/C15H13BrN2O2S2/c1-3-20-9-5-4-6-10-13(9)18(2)15(22-10)17-14(19)11-7-8-12(16)21-11/h4-8H,3H2,1-2H3. The van der Waals surface area contributed by atoms with Crippen LogP contribution in [-0.4, -0.2) is 17.1 Å². The number of nitrogens with zero attached hydrogens (tertiary/aromatic N) is 2. The number of fused-ring (bicyclic) bond motifs is 1. The first kappa shape index (κ1) is 15.5. The van der Waals surface area contributed by atoms with Crippen LogP contribution in [0.3, 0.4) is 0 Å². The van der Waals surface area contributed by atoms with Gasteiger partial charge in [0.25, 0.3) is 5.91 Å². The third-order valence-electron chi connectivity index (χ3n) is 3.07. The maximum absolute atomic E-state index is 12.3. The lowest BCUT2D eigenvalue weighted by molar-refractivity contribution is 0.100. The van der Waals surface area contributed by atoms with Crippen molar-refractivity contribution in [3.63, 3.8) is 0 Å². The maximum Gasteiger partial charge on any atom is 0.289 e. The highest BCUT2D eigenvalue weighted by molar-refractivity contribution is 9.11. The molecule has 0 aliphatic rings. The lowest BCUT2D eigenvalue weighted by Crippen LogP contribution is -2.13. The molecule has 2 heterocycles. The number of thiophene rings is 1. The van der Waals surface area contributed by atoms with E-state index in [0.717, 1.165) is 19.8 Å². The normalized spacial score (nSPS) is 12.0. The summed E-state index contributed by atoms with van der Waals surface area (Å²) in [5.74, 6) is 0.585. The second-order valence-corrected chi connectivity index (χ2v) is 7.97. The zero-order valence-electron chi connectivity index (χ0n) is 12.0. The second-order valence-electron chi connectivity index (χ2n) is 4.50. The van der Waals surface area contributed by atoms with E-state index in [2.05, 4.69) is 20.9 Å². The molecule has 114 valence electrons. The number of carbonyl (C=O) groups is 1. The molecule has 0 unspecified atom stereocenters. The summed E-state index contributed by atoms with van der Waals surface area (Å²) in [6.07, 6.45) is 0. The number of carbonyl (C=O) groups excluding carboxylic acids is 1. The van der Waals surface area contributed by atoms with E-state index in [0.29, 0.717) is 16.3 Å². The quantitative estimate of drug-likeness (QED) is 0.665. The Hall–Kier alpha value is -1.44. The van der Waals surface area contributed by atoms with Crippen LogP contribution in [0.15, 0.2) is 39.1 Å². The number of ether oxygens (including phenoxy) is 1. The third kappa shape index (κ3) is 2.88. The molecule has 22 heavy (non-hydrogen) atoms. The molecule has 0 saturated heterocycles. The van der Waals surface area contributed by atoms with E-state index in [1.165, 1.54) is 22.7 Å². The molecule has 0 bridgehead atoms. The summed E-state index contributed by atoms with van der Waals surface area (Å²) >= 11 is 6.23. The molecule has 0 N–H and O–H groups in total. The van der Waals surface area contributed by atoms with E-state index in [4.69, 9.17) is 4.74 Å². The molecule has 2 aromatic heterocycles. The number of para-hydroxylation sites is 1. The number of amides is 1. The molecule has 3 aromatic rings. The van der Waals surface area contributed by atoms with Crippen LogP contribution in [-0.2, 0) is 7.05 Å². The highest BCUT2D eigenvalue weighted by atomic mass is 79.9. The molecule has 7 heteroatoms. The molecule has 1 amide bonds. The molecule has 0 saturated carbocycles. The fourth-order valence-electron chi connectivity index (χ4n) is 2.12. The topological polar surface area (TPSA) is 43.6 Å². The van der Waals surface area contributed by atoms with Crippen LogP contribution in [0.5, 0.6) is 5.75 Å². The molecule has 0 fully saturated rings. The predicted octanol–water partition coefficient (Wildman–Crippen LogP) is 4.20. The van der Waals surface area contributed by atoms with Gasteiger partial charge in [-0.3, -0.25) is 4.79 Å². The van der Waals surface area contributed by atoms with Crippen molar-refractivity contribution in [2.24, 2.45) is 12.0 Å². The second kappa shape index (κ2) is 6.36. The molecule has 1 aromatic carbocycles. The molecule has 0 aliphatic heterocycles. The highest BCUT2D eigenvalue weighted by Crippen LogP contribution is 2.27. The van der Waals surface area contributed by atoms with E-state index in [1.807, 2.05) is 42.8 Å². The zero-order chi connectivity index (χ0) is 15.7. The van der Waals surface area contributed by atoms with Gasteiger partial charge in [-0.1, -0.05) is 17.4 Å². The third-order valence-corrected chi connectivity index (χ3v) is 5.78. The SMILES string of the molecule is CCOc1cccc2sc(=NC(=O)c3ccc(Br)s3)n(C)c12. The number of halogens is 1. The van der Waals surface area contributed by atoms with Crippen LogP contribution in [0.1, 0.15) is 16.6 Å². The summed E-state index contributed by atoms with van der Waals surface area (Å²) in [4.78, 5) is 17.8. The lowest BCUT2D eigenvalue weighted by Gasteiger charge is -2.05. The minimum atomic E-state index is -0.226. The number of hydrogen-bond acceptors (Lipinski definition) is 4. The summed E-state index contributed by atoms with van der Waals surface area (Å²) < 4.78 is 9.54. The van der Waals surface area contributed by atoms with Crippen molar-refractivity contribution in [2.45, 2.75) is 6.92 Å². The Morgan fingerprint density at radius 2 is 2.14 bits per heavy atom. The summed E-state index contributed by atoms with van der Waals surface area (Å²) in [6.45, 7) is 2.55. The van der Waals surface area contributed by atoms with Crippen molar-refractivity contribution in [3.05, 3.63) is 43.8 Å². The number of rotatable bonds is 3. The van der Waals surface area contributed by atoms with Gasteiger partial charge in [0.15, 0.2) is 4.80 Å². The maximum atomic E-state index is 12.3. The molecular weight excluding hydrogens is 384 g/mol. The first-order chi connectivity index (χ1) is 10.6. The monoisotopic (exact) mass is 396 g/mol. The van der Waals surface area contributed by atoms with Crippen molar-refractivity contribution in [1.82, 2.24) is 4.57 Å². The summed E-state index contributed by atoms with van der Waals surface area (Å²) in [7, 11) is 1.90. The summed E-state index contributed by atoms with van der Waals surface area (Å²) in [5.41, 5.74) is 0.966. The van der Waals surface area contributed by atoms with Crippen molar-refractivity contribution >= 4 is 54.7 Å². The predicted molar refractivity (Wildman–Crippen MR) is 93.9 cm³/mol. The van der Waals surface area contributed by atoms with Crippen molar-refractivity contribution in [1.29, 1.82) is 0 Å². The molecule has 3 rings (SSSR count). The van der Waals surface area contributed by atoms with Gasteiger partial charge in [0.1, 0.15) is 11.3 Å². The van der Waals surface area contributed by atoms with Crippen LogP contribution in [0.25, 0.3) is 10.2 Å². The van der Waals surface area contributed by atoms with Gasteiger partial charge in [-0.25, -0.2) is 0 Å². The van der Waals surface area contributed by atoms with Gasteiger partial charge in [0.2, 0.25) is 0 Å². The van der Waals surface area contributed by atoms with E-state index in [1.54, 1.807) is 6.07 Å². The van der Waals surface area contributed by atoms with Crippen LogP contribution >= 0.6 is 38.6 Å². The molecule has 0 spiro atoms. The van der Waals surface area contributed by atoms with Crippen LogP contribution in [0, 0.1) is 0 Å². The minimum Gasteiger partial charge on any atom is -0.492 e. The zero-order valence-corrected chi connectivity index (χ0v) is 15.2. The van der Waals surface area contributed by atoms with Gasteiger partial charge in [0.05, 0.1) is 20.0 Å². The Bertz CT molecular complexity index is 908. The van der Waals surface area contributed by atoms with Gasteiger partial charge in [0, 0.05) is 7.05 Å². The number of thiazole rings is 1. The van der Waals surface area contributed by atoms with E-state index in [9.17, 15) is 4.79 Å². The molecule has 0 radical (unpaired) electrons. The lowest BCUT2D eigenvalue weighted by atomic mass is 10.3. The molecule has 4 nitrogen and oxygen atoms in total. The average molecular weight is 397 g/mol. The first-order valence-corrected chi connectivity index (χ1v) is 9.08. The molecular formula is C15H13BrN2O2S2. The Balaban J connectivity index is 2.11. The summed E-state index contributed by atoms with van der Waals surface area (Å²) in [6, 6.07) is 9.52. The van der Waals surface area contributed by atoms with Gasteiger partial charge in [-0.15, -0.1) is 11.3 Å². The van der Waals surface area contributed by atoms with Crippen LogP contribution in [0.2, 0.25) is 0 Å². The van der Waals surface area contributed by atoms with Crippen molar-refractivity contribution < 1.29 is 9.53 Å². The van der Waals surface area contributed by atoms with Gasteiger partial charge in [-0.2, -0.15) is 4.99 Å². The molecule has 0 aliphatic carbocycles. The fourth-order valence-corrected chi connectivity index (χ4v) is 4.42. The summed E-state index contributed by atoms with van der Waals surface area (Å²) in [5, 5.41) is 0. The largest absolute Gasteiger partial charge is 0.492 e. The van der Waals surface area contributed by atoms with Crippen LogP contribution < -0.4 is 9.54 Å². The highest BCUT2D eigenvalue weighted by Gasteiger charge is 2.11. The number of aromatic nitrogens is 1. The Labute approximate surface area is 143 Å². The van der Waals surface area contributed by atoms with E-state index < -0.39 is 0 Å². The number of benzene rings is 1. The van der Waals surface area contributed by atoms with Gasteiger partial charge >= 0.3 is 0 Å². The Morgan fingerprint density at radius 1 is 1.32 bits per heavy atom. The smallest absolute Gasteiger partial charge is 0.289 e. The van der Waals surface area contributed by atoms with Crippen LogP contribution in [0.4, 0.5) is 0 Å². The molecule has 0 atom stereocenters. The van der Waals surface area contributed by atoms with E-state index >= 15 is 0 Å². The van der Waals surface area contributed by atoms with Gasteiger partial charge in [-0.05, 0) is 47.1 Å². The van der Waals surface area contributed by atoms with E-state index in [-0.39, 0.29) is 5.91 Å². The first-order valence-electron chi connectivity index (χ1n) is 6.66. The van der Waals surface area contributed by atoms with Crippen molar-refractivity contribution in [2.75, 3.05) is 6.61 Å². The average Bonchev–Trinajstić information content (AvgIpc) is 3.05. The van der Waals surface area contributed by atoms with Gasteiger partial charge < -0.3 is 9.30 Å². The Morgan fingerprint density at radius 3 is 2.82 bits per heavy atom.